The van der Waals surface area contributed by atoms with Crippen molar-refractivity contribution in [1.29, 1.82) is 0 Å². The Hall–Kier alpha value is -2.21. The number of non-ortho nitro benzene ring substituents is 1. The maximum atomic E-state index is 10.7. The van der Waals surface area contributed by atoms with E-state index in [1.807, 2.05) is 11.0 Å². The van der Waals surface area contributed by atoms with Crippen LogP contribution in [-0.2, 0) is 11.3 Å². The first-order valence-electron chi connectivity index (χ1n) is 6.31. The molecule has 0 fully saturated rings. The molecule has 0 heterocycles. The lowest BCUT2D eigenvalue weighted by Gasteiger charge is -2.20. The van der Waals surface area contributed by atoms with Gasteiger partial charge in [0.2, 0.25) is 0 Å². The number of rotatable bonds is 9. The van der Waals surface area contributed by atoms with E-state index in [9.17, 15) is 14.9 Å². The Balaban J connectivity index is 2.64. The van der Waals surface area contributed by atoms with Gasteiger partial charge in [0.25, 0.3) is 5.69 Å². The SMILES string of the molecule is C=CCN(CCCC(=O)O)Cc1cccc([N+](=O)[O-])c1. The molecule has 6 nitrogen and oxygen atoms in total. The summed E-state index contributed by atoms with van der Waals surface area (Å²) >= 11 is 0. The van der Waals surface area contributed by atoms with E-state index >= 15 is 0 Å². The largest absolute Gasteiger partial charge is 0.481 e. The first-order valence-corrected chi connectivity index (χ1v) is 6.31. The summed E-state index contributed by atoms with van der Waals surface area (Å²) in [7, 11) is 0. The van der Waals surface area contributed by atoms with E-state index < -0.39 is 10.9 Å². The summed E-state index contributed by atoms with van der Waals surface area (Å²) in [6.07, 6.45) is 2.39. The van der Waals surface area contributed by atoms with E-state index in [2.05, 4.69) is 6.58 Å². The number of hydrogen-bond acceptors (Lipinski definition) is 4. The molecule has 0 atom stereocenters. The third-order valence-electron chi connectivity index (χ3n) is 2.78. The molecule has 0 unspecified atom stereocenters. The maximum absolute atomic E-state index is 10.7. The highest BCUT2D eigenvalue weighted by Gasteiger charge is 2.09. The van der Waals surface area contributed by atoms with Gasteiger partial charge in [-0.2, -0.15) is 0 Å². The second kappa shape index (κ2) is 8.06. The van der Waals surface area contributed by atoms with E-state index in [0.717, 1.165) is 5.56 Å². The third kappa shape index (κ3) is 5.62. The Labute approximate surface area is 117 Å². The fraction of sp³-hybridized carbons (Fsp3) is 0.357. The Morgan fingerprint density at radius 1 is 1.50 bits per heavy atom. The first kappa shape index (κ1) is 15.8. The van der Waals surface area contributed by atoms with Crippen LogP contribution in [0.15, 0.2) is 36.9 Å². The van der Waals surface area contributed by atoms with Gasteiger partial charge in [-0.25, -0.2) is 0 Å². The van der Waals surface area contributed by atoms with Gasteiger partial charge < -0.3 is 5.11 Å². The molecule has 0 aliphatic rings. The van der Waals surface area contributed by atoms with Crippen molar-refractivity contribution in [3.8, 4) is 0 Å². The van der Waals surface area contributed by atoms with Crippen LogP contribution in [0, 0.1) is 10.1 Å². The summed E-state index contributed by atoms with van der Waals surface area (Å²) in [5.41, 5.74) is 0.892. The molecule has 0 amide bonds. The zero-order chi connectivity index (χ0) is 15.0. The third-order valence-corrected chi connectivity index (χ3v) is 2.78. The Bertz CT molecular complexity index is 488. The van der Waals surface area contributed by atoms with Crippen LogP contribution >= 0.6 is 0 Å². The molecular weight excluding hydrogens is 260 g/mol. The van der Waals surface area contributed by atoms with Gasteiger partial charge in [0, 0.05) is 31.6 Å². The quantitative estimate of drug-likeness (QED) is 0.426. The van der Waals surface area contributed by atoms with Crippen molar-refractivity contribution < 1.29 is 14.8 Å². The molecule has 0 bridgehead atoms. The highest BCUT2D eigenvalue weighted by Crippen LogP contribution is 2.15. The Morgan fingerprint density at radius 2 is 2.25 bits per heavy atom. The predicted octanol–water partition coefficient (Wildman–Crippen LogP) is 2.45. The van der Waals surface area contributed by atoms with Crippen molar-refractivity contribution >= 4 is 11.7 Å². The summed E-state index contributed by atoms with van der Waals surface area (Å²) in [6.45, 7) is 5.43. The van der Waals surface area contributed by atoms with Crippen molar-refractivity contribution in [2.45, 2.75) is 19.4 Å². The lowest BCUT2D eigenvalue weighted by molar-refractivity contribution is -0.384. The van der Waals surface area contributed by atoms with Crippen LogP contribution < -0.4 is 0 Å². The number of carboxylic acid groups (broad SMARTS) is 1. The van der Waals surface area contributed by atoms with Crippen LogP contribution in [0.1, 0.15) is 18.4 Å². The number of carbonyl (C=O) groups is 1. The van der Waals surface area contributed by atoms with Crippen LogP contribution in [-0.4, -0.2) is 34.0 Å². The van der Waals surface area contributed by atoms with Crippen LogP contribution in [0.3, 0.4) is 0 Å². The average Bonchev–Trinajstić information content (AvgIpc) is 2.38. The highest BCUT2D eigenvalue weighted by molar-refractivity contribution is 5.66. The van der Waals surface area contributed by atoms with E-state index in [4.69, 9.17) is 5.11 Å². The number of carboxylic acids is 1. The van der Waals surface area contributed by atoms with Crippen LogP contribution in [0.5, 0.6) is 0 Å². The summed E-state index contributed by atoms with van der Waals surface area (Å²) in [4.78, 5) is 22.8. The zero-order valence-electron chi connectivity index (χ0n) is 11.2. The fourth-order valence-corrected chi connectivity index (χ4v) is 1.90. The highest BCUT2D eigenvalue weighted by atomic mass is 16.6. The van der Waals surface area contributed by atoms with E-state index in [1.165, 1.54) is 12.1 Å². The lowest BCUT2D eigenvalue weighted by Crippen LogP contribution is -2.25. The summed E-state index contributed by atoms with van der Waals surface area (Å²) in [5, 5.41) is 19.4. The number of nitro benzene ring substituents is 1. The first-order chi connectivity index (χ1) is 9.52. The number of hydrogen-bond donors (Lipinski definition) is 1. The smallest absolute Gasteiger partial charge is 0.303 e. The molecule has 0 radical (unpaired) electrons. The van der Waals surface area contributed by atoms with Gasteiger partial charge >= 0.3 is 5.97 Å². The van der Waals surface area contributed by atoms with Crippen molar-refractivity contribution in [1.82, 2.24) is 4.90 Å². The number of nitrogens with zero attached hydrogens (tertiary/aromatic N) is 2. The topological polar surface area (TPSA) is 83.7 Å². The molecule has 6 heteroatoms. The van der Waals surface area contributed by atoms with Crippen molar-refractivity contribution in [2.24, 2.45) is 0 Å². The van der Waals surface area contributed by atoms with Crippen molar-refractivity contribution in [2.75, 3.05) is 13.1 Å². The molecule has 1 N–H and O–H groups in total. The van der Waals surface area contributed by atoms with Crippen molar-refractivity contribution in [3.05, 3.63) is 52.6 Å². The molecule has 1 aromatic carbocycles. The van der Waals surface area contributed by atoms with Crippen LogP contribution in [0.25, 0.3) is 0 Å². The second-order valence-corrected chi connectivity index (χ2v) is 4.45. The fourth-order valence-electron chi connectivity index (χ4n) is 1.90. The predicted molar refractivity (Wildman–Crippen MR) is 75.4 cm³/mol. The second-order valence-electron chi connectivity index (χ2n) is 4.45. The van der Waals surface area contributed by atoms with Crippen molar-refractivity contribution in [3.63, 3.8) is 0 Å². The normalized spacial score (nSPS) is 10.4. The molecule has 20 heavy (non-hydrogen) atoms. The summed E-state index contributed by atoms with van der Waals surface area (Å²) < 4.78 is 0. The van der Waals surface area contributed by atoms with E-state index in [1.54, 1.807) is 12.1 Å². The Kier molecular flexibility index (Phi) is 6.39. The van der Waals surface area contributed by atoms with E-state index in [-0.39, 0.29) is 12.1 Å². The van der Waals surface area contributed by atoms with E-state index in [0.29, 0.717) is 26.1 Å². The van der Waals surface area contributed by atoms with Crippen LogP contribution in [0.2, 0.25) is 0 Å². The molecule has 0 spiro atoms. The zero-order valence-corrected chi connectivity index (χ0v) is 11.2. The van der Waals surface area contributed by atoms with Gasteiger partial charge in [0.15, 0.2) is 0 Å². The molecule has 0 aliphatic heterocycles. The minimum Gasteiger partial charge on any atom is -0.481 e. The number of aliphatic carboxylic acids is 1. The molecular formula is C14H18N2O4. The number of nitro groups is 1. The molecule has 1 rings (SSSR count). The van der Waals surface area contributed by atoms with Gasteiger partial charge in [-0.05, 0) is 18.5 Å². The lowest BCUT2D eigenvalue weighted by atomic mass is 10.2. The molecule has 0 saturated heterocycles. The molecule has 0 saturated carbocycles. The minimum absolute atomic E-state index is 0.0617. The molecule has 1 aromatic rings. The average molecular weight is 278 g/mol. The van der Waals surface area contributed by atoms with Crippen LogP contribution in [0.4, 0.5) is 5.69 Å². The summed E-state index contributed by atoms with van der Waals surface area (Å²) in [6, 6.07) is 6.45. The van der Waals surface area contributed by atoms with Gasteiger partial charge in [-0.3, -0.25) is 19.8 Å². The minimum atomic E-state index is -0.820. The van der Waals surface area contributed by atoms with Gasteiger partial charge in [0.1, 0.15) is 0 Å². The molecule has 108 valence electrons. The Morgan fingerprint density at radius 3 is 2.85 bits per heavy atom. The maximum Gasteiger partial charge on any atom is 0.303 e. The molecule has 0 aliphatic carbocycles. The number of benzene rings is 1. The van der Waals surface area contributed by atoms with Gasteiger partial charge in [-0.15, -0.1) is 6.58 Å². The van der Waals surface area contributed by atoms with Gasteiger partial charge in [0.05, 0.1) is 4.92 Å². The molecule has 0 aromatic heterocycles. The summed E-state index contributed by atoms with van der Waals surface area (Å²) in [5.74, 6) is -0.820. The van der Waals surface area contributed by atoms with Gasteiger partial charge in [-0.1, -0.05) is 18.2 Å². The standard InChI is InChI=1S/C14H18N2O4/c1-2-8-15(9-4-7-14(17)18)11-12-5-3-6-13(10-12)16(19)20/h2-3,5-6,10H,1,4,7-9,11H2,(H,17,18). The monoisotopic (exact) mass is 278 g/mol.